The highest BCUT2D eigenvalue weighted by molar-refractivity contribution is 5.96. The van der Waals surface area contributed by atoms with E-state index in [4.69, 9.17) is 17.2 Å². The van der Waals surface area contributed by atoms with Crippen LogP contribution in [0.2, 0.25) is 0 Å². The van der Waals surface area contributed by atoms with Gasteiger partial charge in [0.25, 0.3) is 0 Å². The number of carbonyl (C=O) groups is 6. The number of halogens is 1. The minimum Gasteiger partial charge on any atom is -0.370 e. The van der Waals surface area contributed by atoms with Gasteiger partial charge in [0.2, 0.25) is 35.4 Å². The van der Waals surface area contributed by atoms with Crippen molar-refractivity contribution in [2.75, 3.05) is 13.1 Å². The van der Waals surface area contributed by atoms with Crippen LogP contribution in [0.15, 0.2) is 71.7 Å². The van der Waals surface area contributed by atoms with Gasteiger partial charge in [-0.15, -0.1) is 0 Å². The van der Waals surface area contributed by atoms with Gasteiger partial charge in [0.1, 0.15) is 30.0 Å². The van der Waals surface area contributed by atoms with E-state index in [9.17, 15) is 33.2 Å². The molecule has 0 saturated carbocycles. The Morgan fingerprint density at radius 2 is 1.27 bits per heavy atom. The average Bonchev–Trinajstić information content (AvgIpc) is 3.12. The number of nitrogens with zero attached hydrogens (tertiary/aromatic N) is 1. The van der Waals surface area contributed by atoms with Gasteiger partial charge in [-0.05, 0) is 59.2 Å². The first kappa shape index (κ1) is 43.3. The van der Waals surface area contributed by atoms with Gasteiger partial charge < -0.3 is 43.8 Å². The van der Waals surface area contributed by atoms with E-state index in [2.05, 4.69) is 31.6 Å². The topological polar surface area (TPSA) is 253 Å². The summed E-state index contributed by atoms with van der Waals surface area (Å²) in [5.41, 5.74) is 17.6. The van der Waals surface area contributed by atoms with Crippen molar-refractivity contribution in [1.29, 1.82) is 0 Å². The summed E-state index contributed by atoms with van der Waals surface area (Å²) in [6.45, 7) is 5.27. The molecule has 0 fully saturated rings. The standard InChI is InChI=1S/C39H52FN9O6/c1-23(2)19-31(36(53)47-30(35(41)52)9-6-17-45-39(42)43)48-38(55)33(22-26-10-13-27-7-4-5-8-28(27)20-26)49-37(54)32(21-25-11-14-29(40)15-12-25)46-34(51)16-18-44-24(3)50/h4-5,7-8,10-15,20,23,30-33H,6,9,16-19,21-22H2,1-3H3,(H2,41,52)(H,44,50)(H,46,51)(H,47,53)(H,48,55)(H,49,54)(H4,42,43,45)/t30-,31-,32-,33-/m0/s1. The molecule has 3 rings (SSSR count). The van der Waals surface area contributed by atoms with Crippen LogP contribution in [-0.2, 0) is 41.6 Å². The number of nitrogens with one attached hydrogen (secondary N) is 5. The SMILES string of the molecule is CC(=O)NCCC(=O)N[C@@H](Cc1ccc(F)cc1)C(=O)N[C@@H](Cc1ccc2ccccc2c1)C(=O)N[C@@H](CC(C)C)C(=O)N[C@@H](CCCN=C(N)N)C(N)=O. The molecule has 15 nitrogen and oxygen atoms in total. The summed E-state index contributed by atoms with van der Waals surface area (Å²) >= 11 is 0. The Hall–Kier alpha value is -6.06. The third-order valence-corrected chi connectivity index (χ3v) is 8.56. The van der Waals surface area contributed by atoms with Gasteiger partial charge in [-0.1, -0.05) is 68.4 Å². The van der Waals surface area contributed by atoms with Crippen molar-refractivity contribution in [3.8, 4) is 0 Å². The lowest BCUT2D eigenvalue weighted by Gasteiger charge is -2.27. The number of carbonyl (C=O) groups excluding carboxylic acids is 6. The molecule has 0 aliphatic rings. The highest BCUT2D eigenvalue weighted by atomic mass is 19.1. The van der Waals surface area contributed by atoms with Crippen LogP contribution in [0.4, 0.5) is 4.39 Å². The van der Waals surface area contributed by atoms with E-state index in [-0.39, 0.29) is 63.0 Å². The molecule has 55 heavy (non-hydrogen) atoms. The smallest absolute Gasteiger partial charge is 0.243 e. The predicted octanol–water partition coefficient (Wildman–Crippen LogP) is 0.815. The number of aliphatic imine (C=N–C) groups is 1. The average molecular weight is 762 g/mol. The van der Waals surface area contributed by atoms with Crippen LogP contribution in [0.3, 0.4) is 0 Å². The van der Waals surface area contributed by atoms with E-state index >= 15 is 0 Å². The first-order chi connectivity index (χ1) is 26.1. The molecule has 11 N–H and O–H groups in total. The number of guanidine groups is 1. The van der Waals surface area contributed by atoms with Gasteiger partial charge in [-0.2, -0.15) is 0 Å². The summed E-state index contributed by atoms with van der Waals surface area (Å²) in [6.07, 6.45) is 0.513. The summed E-state index contributed by atoms with van der Waals surface area (Å²) in [7, 11) is 0. The largest absolute Gasteiger partial charge is 0.370 e. The lowest BCUT2D eigenvalue weighted by atomic mass is 9.98. The zero-order chi connectivity index (χ0) is 40.5. The summed E-state index contributed by atoms with van der Waals surface area (Å²) in [4.78, 5) is 82.2. The minimum atomic E-state index is -1.24. The number of rotatable bonds is 21. The Labute approximate surface area is 319 Å². The highest BCUT2D eigenvalue weighted by Gasteiger charge is 2.32. The Morgan fingerprint density at radius 3 is 1.89 bits per heavy atom. The molecule has 0 aliphatic heterocycles. The zero-order valence-electron chi connectivity index (χ0n) is 31.4. The van der Waals surface area contributed by atoms with E-state index in [1.165, 1.54) is 31.2 Å². The second-order valence-corrected chi connectivity index (χ2v) is 13.7. The molecule has 0 aromatic heterocycles. The molecule has 4 atom stereocenters. The molecule has 3 aromatic rings. The number of primary amides is 1. The third kappa shape index (κ3) is 15.4. The number of nitrogens with two attached hydrogens (primary N) is 3. The minimum absolute atomic E-state index is 0.00682. The highest BCUT2D eigenvalue weighted by Crippen LogP contribution is 2.18. The number of fused-ring (bicyclic) bond motifs is 1. The van der Waals surface area contributed by atoms with Crippen molar-refractivity contribution in [2.24, 2.45) is 28.1 Å². The van der Waals surface area contributed by atoms with Crippen LogP contribution in [0.1, 0.15) is 57.6 Å². The summed E-state index contributed by atoms with van der Waals surface area (Å²) in [5.74, 6) is -4.37. The molecule has 16 heteroatoms. The van der Waals surface area contributed by atoms with E-state index in [0.717, 1.165) is 10.8 Å². The maximum Gasteiger partial charge on any atom is 0.243 e. The lowest BCUT2D eigenvalue weighted by Crippen LogP contribution is -2.59. The molecule has 6 amide bonds. The van der Waals surface area contributed by atoms with Gasteiger partial charge in [-0.25, -0.2) is 4.39 Å². The van der Waals surface area contributed by atoms with Crippen molar-refractivity contribution in [3.63, 3.8) is 0 Å². The predicted molar refractivity (Wildman–Crippen MR) is 207 cm³/mol. The van der Waals surface area contributed by atoms with E-state index in [1.807, 2.05) is 56.3 Å². The summed E-state index contributed by atoms with van der Waals surface area (Å²) in [5, 5.41) is 15.3. The number of benzene rings is 3. The van der Waals surface area contributed by atoms with E-state index < -0.39 is 59.5 Å². The number of hydrogen-bond donors (Lipinski definition) is 8. The quantitative estimate of drug-likeness (QED) is 0.0437. The van der Waals surface area contributed by atoms with Crippen molar-refractivity contribution < 1.29 is 33.2 Å². The van der Waals surface area contributed by atoms with E-state index in [0.29, 0.717) is 17.5 Å². The second kappa shape index (κ2) is 21.6. The van der Waals surface area contributed by atoms with Crippen molar-refractivity contribution >= 4 is 52.2 Å². The van der Waals surface area contributed by atoms with Crippen molar-refractivity contribution in [3.05, 3.63) is 83.7 Å². The van der Waals surface area contributed by atoms with Crippen LogP contribution in [-0.4, -0.2) is 78.7 Å². The van der Waals surface area contributed by atoms with Crippen LogP contribution in [0.25, 0.3) is 10.8 Å². The van der Waals surface area contributed by atoms with Crippen LogP contribution < -0.4 is 43.8 Å². The Bertz CT molecular complexity index is 1830. The fourth-order valence-electron chi connectivity index (χ4n) is 5.80. The first-order valence-electron chi connectivity index (χ1n) is 18.1. The second-order valence-electron chi connectivity index (χ2n) is 13.7. The molecule has 0 aliphatic carbocycles. The van der Waals surface area contributed by atoms with Gasteiger partial charge in [0.05, 0.1) is 0 Å². The fourth-order valence-corrected chi connectivity index (χ4v) is 5.80. The van der Waals surface area contributed by atoms with Gasteiger partial charge in [-0.3, -0.25) is 33.8 Å². The maximum absolute atomic E-state index is 14.2. The molecule has 0 spiro atoms. The first-order valence-corrected chi connectivity index (χ1v) is 18.1. The molecular formula is C39H52FN9O6. The third-order valence-electron chi connectivity index (χ3n) is 8.56. The molecule has 0 saturated heterocycles. The Kier molecular flexibility index (Phi) is 17.0. The molecule has 0 bridgehead atoms. The van der Waals surface area contributed by atoms with Gasteiger partial charge >= 0.3 is 0 Å². The summed E-state index contributed by atoms with van der Waals surface area (Å²) < 4.78 is 13.7. The number of hydrogen-bond acceptors (Lipinski definition) is 7. The van der Waals surface area contributed by atoms with Crippen molar-refractivity contribution in [2.45, 2.75) is 83.5 Å². The molecule has 0 heterocycles. The molecular weight excluding hydrogens is 709 g/mol. The van der Waals surface area contributed by atoms with Crippen molar-refractivity contribution in [1.82, 2.24) is 26.6 Å². The van der Waals surface area contributed by atoms with Crippen LogP contribution >= 0.6 is 0 Å². The van der Waals surface area contributed by atoms with Crippen LogP contribution in [0, 0.1) is 11.7 Å². The molecule has 296 valence electrons. The van der Waals surface area contributed by atoms with Crippen LogP contribution in [0.5, 0.6) is 0 Å². The fraction of sp³-hybridized carbons (Fsp3) is 0.410. The molecule has 0 radical (unpaired) electrons. The summed E-state index contributed by atoms with van der Waals surface area (Å²) in [6, 6.07) is 14.0. The van der Waals surface area contributed by atoms with E-state index in [1.54, 1.807) is 0 Å². The zero-order valence-corrected chi connectivity index (χ0v) is 31.4. The molecule has 0 unspecified atom stereocenters. The van der Waals surface area contributed by atoms with Gasteiger partial charge in [0.15, 0.2) is 5.96 Å². The van der Waals surface area contributed by atoms with Gasteiger partial charge in [0, 0.05) is 39.3 Å². The lowest BCUT2D eigenvalue weighted by molar-refractivity contribution is -0.134. The Morgan fingerprint density at radius 1 is 0.709 bits per heavy atom. The number of amides is 6. The maximum atomic E-state index is 14.2. The normalized spacial score (nSPS) is 13.1. The Balaban J connectivity index is 1.91. The monoisotopic (exact) mass is 761 g/mol. The molecule has 3 aromatic carbocycles.